The number of nitrogen functional groups attached to an aromatic ring is 1. The molecule has 0 amide bonds. The van der Waals surface area contributed by atoms with Crippen LogP contribution in [0.25, 0.3) is 5.82 Å². The first-order chi connectivity index (χ1) is 7.59. The maximum atomic E-state index is 5.87. The monoisotopic (exact) mass is 217 g/mol. The molecule has 2 aromatic heterocycles. The van der Waals surface area contributed by atoms with Gasteiger partial charge in [0.1, 0.15) is 11.6 Å². The van der Waals surface area contributed by atoms with Crippen molar-refractivity contribution in [3.05, 3.63) is 29.8 Å². The molecule has 2 heterocycles. The van der Waals surface area contributed by atoms with Crippen molar-refractivity contribution >= 4 is 5.82 Å². The average Bonchev–Trinajstić information content (AvgIpc) is 2.74. The van der Waals surface area contributed by atoms with Crippen molar-refractivity contribution in [2.45, 2.75) is 26.7 Å². The van der Waals surface area contributed by atoms with Gasteiger partial charge in [0.05, 0.1) is 0 Å². The van der Waals surface area contributed by atoms with Gasteiger partial charge in [-0.25, -0.2) is 14.6 Å². The predicted molar refractivity (Wildman–Crippen MR) is 62.4 cm³/mol. The molecule has 0 saturated heterocycles. The van der Waals surface area contributed by atoms with Gasteiger partial charge in [-0.3, -0.25) is 0 Å². The van der Waals surface area contributed by atoms with E-state index in [-0.39, 0.29) is 5.92 Å². The van der Waals surface area contributed by atoms with Crippen molar-refractivity contribution in [2.24, 2.45) is 0 Å². The fourth-order valence-corrected chi connectivity index (χ4v) is 1.41. The molecule has 0 aliphatic rings. The summed E-state index contributed by atoms with van der Waals surface area (Å²) in [6.07, 6.45) is 3.56. The Hall–Kier alpha value is -1.91. The number of rotatable bonds is 2. The number of anilines is 1. The second-order valence-electron chi connectivity index (χ2n) is 4.02. The summed E-state index contributed by atoms with van der Waals surface area (Å²) in [6, 6.07) is 1.85. The summed E-state index contributed by atoms with van der Waals surface area (Å²) in [6.45, 7) is 5.98. The molecule has 0 aromatic carbocycles. The van der Waals surface area contributed by atoms with Crippen molar-refractivity contribution in [3.8, 4) is 5.82 Å². The van der Waals surface area contributed by atoms with Crippen LogP contribution in [0.3, 0.4) is 0 Å². The third-order valence-corrected chi connectivity index (χ3v) is 2.41. The highest BCUT2D eigenvalue weighted by Gasteiger charge is 2.12. The predicted octanol–water partition coefficient (Wildman–Crippen LogP) is 1.68. The van der Waals surface area contributed by atoms with E-state index in [4.69, 9.17) is 5.73 Å². The van der Waals surface area contributed by atoms with Crippen LogP contribution in [0.1, 0.15) is 31.2 Å². The average molecular weight is 217 g/mol. The van der Waals surface area contributed by atoms with Crippen LogP contribution in [0.2, 0.25) is 0 Å². The van der Waals surface area contributed by atoms with Gasteiger partial charge in [0.2, 0.25) is 0 Å². The van der Waals surface area contributed by atoms with Gasteiger partial charge < -0.3 is 5.73 Å². The van der Waals surface area contributed by atoms with Crippen molar-refractivity contribution < 1.29 is 0 Å². The summed E-state index contributed by atoms with van der Waals surface area (Å²) in [5.41, 5.74) is 6.73. The van der Waals surface area contributed by atoms with E-state index in [1.54, 1.807) is 10.9 Å². The van der Waals surface area contributed by atoms with Gasteiger partial charge in [-0.2, -0.15) is 5.10 Å². The molecule has 2 N–H and O–H groups in total. The Morgan fingerprint density at radius 1 is 1.31 bits per heavy atom. The topological polar surface area (TPSA) is 69.6 Å². The largest absolute Gasteiger partial charge is 0.383 e. The first-order valence-corrected chi connectivity index (χ1v) is 5.23. The van der Waals surface area contributed by atoms with Crippen LogP contribution in [0.4, 0.5) is 5.82 Å². The minimum absolute atomic E-state index is 0.247. The maximum absolute atomic E-state index is 5.87. The molecule has 0 bridgehead atoms. The first kappa shape index (κ1) is 10.6. The van der Waals surface area contributed by atoms with Crippen molar-refractivity contribution in [3.63, 3.8) is 0 Å². The highest BCUT2D eigenvalue weighted by Crippen LogP contribution is 2.19. The number of hydrogen-bond acceptors (Lipinski definition) is 4. The molecule has 0 fully saturated rings. The van der Waals surface area contributed by atoms with Crippen LogP contribution in [0.15, 0.2) is 18.5 Å². The van der Waals surface area contributed by atoms with E-state index in [1.165, 1.54) is 0 Å². The summed E-state index contributed by atoms with van der Waals surface area (Å²) < 4.78 is 1.71. The quantitative estimate of drug-likeness (QED) is 0.830. The Morgan fingerprint density at radius 2 is 2.06 bits per heavy atom. The van der Waals surface area contributed by atoms with Gasteiger partial charge in [-0.1, -0.05) is 13.8 Å². The third-order valence-electron chi connectivity index (χ3n) is 2.41. The molecule has 5 heteroatoms. The highest BCUT2D eigenvalue weighted by atomic mass is 15.3. The lowest BCUT2D eigenvalue weighted by atomic mass is 10.2. The molecule has 0 spiro atoms. The van der Waals surface area contributed by atoms with Gasteiger partial charge in [0.25, 0.3) is 0 Å². The molecule has 2 rings (SSSR count). The Balaban J connectivity index is 2.60. The van der Waals surface area contributed by atoms with Crippen molar-refractivity contribution in [1.29, 1.82) is 0 Å². The van der Waals surface area contributed by atoms with Gasteiger partial charge in [-0.15, -0.1) is 0 Å². The molecule has 2 aromatic rings. The van der Waals surface area contributed by atoms with Crippen LogP contribution in [-0.2, 0) is 0 Å². The van der Waals surface area contributed by atoms with Crippen LogP contribution in [0.5, 0.6) is 0 Å². The maximum Gasteiger partial charge on any atom is 0.162 e. The molecule has 5 nitrogen and oxygen atoms in total. The molecule has 0 radical (unpaired) electrons. The molecule has 0 unspecified atom stereocenters. The van der Waals surface area contributed by atoms with E-state index < -0.39 is 0 Å². The molecule has 16 heavy (non-hydrogen) atoms. The minimum Gasteiger partial charge on any atom is -0.383 e. The van der Waals surface area contributed by atoms with Crippen molar-refractivity contribution in [2.75, 3.05) is 5.73 Å². The van der Waals surface area contributed by atoms with Crippen molar-refractivity contribution in [1.82, 2.24) is 19.7 Å². The van der Waals surface area contributed by atoms with Gasteiger partial charge in [-0.05, 0) is 13.0 Å². The zero-order valence-electron chi connectivity index (χ0n) is 9.68. The lowest BCUT2D eigenvalue weighted by Gasteiger charge is -2.11. The molecule has 84 valence electrons. The van der Waals surface area contributed by atoms with Crippen LogP contribution >= 0.6 is 0 Å². The number of nitrogens with zero attached hydrogens (tertiary/aromatic N) is 4. The highest BCUT2D eigenvalue weighted by molar-refractivity contribution is 5.48. The Kier molecular flexibility index (Phi) is 2.60. The fraction of sp³-hybridized carbons (Fsp3) is 0.364. The minimum atomic E-state index is 0.247. The van der Waals surface area contributed by atoms with Crippen LogP contribution in [-0.4, -0.2) is 19.7 Å². The summed E-state index contributed by atoms with van der Waals surface area (Å²) in [5.74, 6) is 2.26. The van der Waals surface area contributed by atoms with E-state index in [2.05, 4.69) is 15.1 Å². The molecular weight excluding hydrogens is 202 g/mol. The number of aromatic nitrogens is 4. The van der Waals surface area contributed by atoms with Gasteiger partial charge in [0, 0.05) is 23.9 Å². The second-order valence-corrected chi connectivity index (χ2v) is 4.02. The van der Waals surface area contributed by atoms with Crippen LogP contribution < -0.4 is 5.73 Å². The molecule has 0 atom stereocenters. The zero-order valence-corrected chi connectivity index (χ0v) is 9.68. The molecular formula is C11H15N5. The Labute approximate surface area is 94.3 Å². The molecule has 0 aliphatic heterocycles. The van der Waals surface area contributed by atoms with E-state index in [9.17, 15) is 0 Å². The van der Waals surface area contributed by atoms with E-state index in [0.717, 1.165) is 17.2 Å². The summed E-state index contributed by atoms with van der Waals surface area (Å²) >= 11 is 0. The third kappa shape index (κ3) is 1.76. The lowest BCUT2D eigenvalue weighted by molar-refractivity contribution is 0.743. The summed E-state index contributed by atoms with van der Waals surface area (Å²) in [4.78, 5) is 8.75. The fourth-order valence-electron chi connectivity index (χ4n) is 1.41. The summed E-state index contributed by atoms with van der Waals surface area (Å²) in [7, 11) is 0. The smallest absolute Gasteiger partial charge is 0.162 e. The van der Waals surface area contributed by atoms with E-state index in [0.29, 0.717) is 5.82 Å². The van der Waals surface area contributed by atoms with E-state index >= 15 is 0 Å². The van der Waals surface area contributed by atoms with E-state index in [1.807, 2.05) is 33.0 Å². The molecule has 0 saturated carbocycles. The first-order valence-electron chi connectivity index (χ1n) is 5.23. The van der Waals surface area contributed by atoms with Gasteiger partial charge in [0.15, 0.2) is 5.82 Å². The Bertz CT molecular complexity index is 487. The normalized spacial score (nSPS) is 11.0. The number of hydrogen-bond donors (Lipinski definition) is 1. The Morgan fingerprint density at radius 3 is 2.62 bits per heavy atom. The van der Waals surface area contributed by atoms with Gasteiger partial charge >= 0.3 is 0 Å². The lowest BCUT2D eigenvalue weighted by Crippen LogP contribution is -2.10. The van der Waals surface area contributed by atoms with Crippen LogP contribution in [0, 0.1) is 6.92 Å². The molecule has 0 aliphatic carbocycles. The summed E-state index contributed by atoms with van der Waals surface area (Å²) in [5, 5.41) is 4.16. The standard InChI is InChI=1S/C11H15N5/c1-7(2)10-14-9(12)8(3)11(15-10)16-6-4-5-13-16/h4-7H,1-3H3,(H2,12,14,15). The zero-order chi connectivity index (χ0) is 11.7. The number of nitrogens with two attached hydrogens (primary N) is 1. The second kappa shape index (κ2) is 3.92. The SMILES string of the molecule is Cc1c(N)nc(C(C)C)nc1-n1cccn1.